The molecule has 0 saturated carbocycles. The van der Waals surface area contributed by atoms with E-state index in [1.807, 2.05) is 20.8 Å². The van der Waals surface area contributed by atoms with Gasteiger partial charge in [0.2, 0.25) is 0 Å². The molecule has 1 aromatic rings. The van der Waals surface area contributed by atoms with Crippen molar-refractivity contribution in [3.8, 4) is 5.75 Å². The summed E-state index contributed by atoms with van der Waals surface area (Å²) in [5, 5.41) is 13.1. The summed E-state index contributed by atoms with van der Waals surface area (Å²) >= 11 is 12.2. The van der Waals surface area contributed by atoms with Gasteiger partial charge in [-0.15, -0.1) is 0 Å². The van der Waals surface area contributed by atoms with Gasteiger partial charge < -0.3 is 15.2 Å². The molecule has 0 aromatic heterocycles. The Labute approximate surface area is 135 Å². The molecule has 0 fully saturated rings. The molecule has 0 aliphatic carbocycles. The molecular formula is C15H21Cl2NO3. The zero-order valence-electron chi connectivity index (χ0n) is 12.5. The molecule has 1 unspecified atom stereocenters. The molecule has 0 aliphatic heterocycles. The van der Waals surface area contributed by atoms with Gasteiger partial charge in [0.1, 0.15) is 6.04 Å². The fourth-order valence-electron chi connectivity index (χ4n) is 1.98. The average Bonchev–Trinajstić information content (AvgIpc) is 2.38. The van der Waals surface area contributed by atoms with Gasteiger partial charge in [-0.1, -0.05) is 37.0 Å². The number of aliphatic carboxylic acids is 1. The van der Waals surface area contributed by atoms with Crippen LogP contribution in [0.15, 0.2) is 12.1 Å². The Balaban J connectivity index is 2.76. The van der Waals surface area contributed by atoms with Crippen molar-refractivity contribution in [1.82, 2.24) is 5.32 Å². The van der Waals surface area contributed by atoms with Crippen LogP contribution in [0.1, 0.15) is 32.8 Å². The average molecular weight is 334 g/mol. The molecule has 4 nitrogen and oxygen atoms in total. The summed E-state index contributed by atoms with van der Waals surface area (Å²) in [7, 11) is 0. The van der Waals surface area contributed by atoms with E-state index in [0.29, 0.717) is 41.3 Å². The van der Waals surface area contributed by atoms with Crippen molar-refractivity contribution in [3.63, 3.8) is 0 Å². The minimum Gasteiger partial charge on any atom is -0.491 e. The number of ether oxygens (including phenoxy) is 1. The molecule has 1 rings (SSSR count). The molecule has 0 saturated heterocycles. The van der Waals surface area contributed by atoms with Crippen LogP contribution in [0, 0.1) is 5.92 Å². The minimum absolute atomic E-state index is 0.297. The SMILES string of the molecule is CCOc1c(Cl)cc(CNC(CC(C)C)C(=O)O)cc1Cl. The van der Waals surface area contributed by atoms with Gasteiger partial charge in [0.15, 0.2) is 5.75 Å². The second-order valence-electron chi connectivity index (χ2n) is 5.22. The first-order chi connectivity index (χ1) is 9.85. The van der Waals surface area contributed by atoms with Gasteiger partial charge in [0.05, 0.1) is 16.7 Å². The lowest BCUT2D eigenvalue weighted by Crippen LogP contribution is -2.37. The number of hydrogen-bond donors (Lipinski definition) is 2. The highest BCUT2D eigenvalue weighted by Crippen LogP contribution is 2.34. The maximum atomic E-state index is 11.2. The summed E-state index contributed by atoms with van der Waals surface area (Å²) in [6.07, 6.45) is 0.563. The van der Waals surface area contributed by atoms with Crippen LogP contribution in [0.2, 0.25) is 10.0 Å². The van der Waals surface area contributed by atoms with Crippen molar-refractivity contribution in [2.45, 2.75) is 39.8 Å². The van der Waals surface area contributed by atoms with E-state index in [4.69, 9.17) is 27.9 Å². The molecular weight excluding hydrogens is 313 g/mol. The van der Waals surface area contributed by atoms with Crippen LogP contribution in [-0.4, -0.2) is 23.7 Å². The number of carboxylic acid groups (broad SMARTS) is 1. The van der Waals surface area contributed by atoms with Crippen molar-refractivity contribution < 1.29 is 14.6 Å². The number of carbonyl (C=O) groups is 1. The number of rotatable bonds is 8. The Hall–Kier alpha value is -0.970. The zero-order valence-corrected chi connectivity index (χ0v) is 14.0. The highest BCUT2D eigenvalue weighted by atomic mass is 35.5. The molecule has 0 spiro atoms. The third-order valence-corrected chi connectivity index (χ3v) is 3.47. The van der Waals surface area contributed by atoms with E-state index >= 15 is 0 Å². The molecule has 1 aromatic carbocycles. The highest BCUT2D eigenvalue weighted by Gasteiger charge is 2.18. The Bertz CT molecular complexity index is 469. The van der Waals surface area contributed by atoms with Gasteiger partial charge in [0, 0.05) is 6.54 Å². The molecule has 0 amide bonds. The van der Waals surface area contributed by atoms with Crippen LogP contribution >= 0.6 is 23.2 Å². The highest BCUT2D eigenvalue weighted by molar-refractivity contribution is 6.37. The van der Waals surface area contributed by atoms with Crippen molar-refractivity contribution in [1.29, 1.82) is 0 Å². The number of halogens is 2. The van der Waals surface area contributed by atoms with Gasteiger partial charge in [0.25, 0.3) is 0 Å². The van der Waals surface area contributed by atoms with E-state index in [1.54, 1.807) is 12.1 Å². The van der Waals surface area contributed by atoms with Gasteiger partial charge in [-0.25, -0.2) is 0 Å². The molecule has 118 valence electrons. The smallest absolute Gasteiger partial charge is 0.320 e. The molecule has 6 heteroatoms. The summed E-state index contributed by atoms with van der Waals surface area (Å²) in [5.74, 6) is -0.0977. The monoisotopic (exact) mass is 333 g/mol. The maximum absolute atomic E-state index is 11.2. The van der Waals surface area contributed by atoms with Crippen LogP contribution in [-0.2, 0) is 11.3 Å². The maximum Gasteiger partial charge on any atom is 0.320 e. The lowest BCUT2D eigenvalue weighted by atomic mass is 10.0. The number of carboxylic acids is 1. The lowest BCUT2D eigenvalue weighted by Gasteiger charge is -2.17. The van der Waals surface area contributed by atoms with Gasteiger partial charge >= 0.3 is 5.97 Å². The molecule has 2 N–H and O–H groups in total. The summed E-state index contributed by atoms with van der Waals surface area (Å²) in [5.41, 5.74) is 0.823. The molecule has 0 aliphatic rings. The van der Waals surface area contributed by atoms with E-state index < -0.39 is 12.0 Å². The van der Waals surface area contributed by atoms with Crippen LogP contribution < -0.4 is 10.1 Å². The molecule has 1 atom stereocenters. The first kappa shape index (κ1) is 18.1. The minimum atomic E-state index is -0.855. The fraction of sp³-hybridized carbons (Fsp3) is 0.533. The standard InChI is InChI=1S/C15H21Cl2NO3/c1-4-21-14-11(16)6-10(7-12(14)17)8-18-13(15(19)20)5-9(2)3/h6-7,9,13,18H,4-5,8H2,1-3H3,(H,19,20). The largest absolute Gasteiger partial charge is 0.491 e. The Morgan fingerprint density at radius 2 is 1.90 bits per heavy atom. The van der Waals surface area contributed by atoms with Crippen LogP contribution in [0.5, 0.6) is 5.75 Å². The van der Waals surface area contributed by atoms with E-state index in [1.165, 1.54) is 0 Å². The molecule has 0 bridgehead atoms. The van der Waals surface area contributed by atoms with E-state index in [2.05, 4.69) is 5.32 Å². The molecule has 21 heavy (non-hydrogen) atoms. The quantitative estimate of drug-likeness (QED) is 0.755. The molecule has 0 heterocycles. The number of nitrogens with one attached hydrogen (secondary N) is 1. The van der Waals surface area contributed by atoms with Crippen LogP contribution in [0.25, 0.3) is 0 Å². The fourth-order valence-corrected chi connectivity index (χ4v) is 2.62. The summed E-state index contributed by atoms with van der Waals surface area (Å²) in [6.45, 7) is 6.69. The van der Waals surface area contributed by atoms with Crippen molar-refractivity contribution in [2.75, 3.05) is 6.61 Å². The van der Waals surface area contributed by atoms with E-state index in [-0.39, 0.29) is 0 Å². The summed E-state index contributed by atoms with van der Waals surface area (Å²) in [4.78, 5) is 11.2. The van der Waals surface area contributed by atoms with Crippen molar-refractivity contribution >= 4 is 29.2 Å². The van der Waals surface area contributed by atoms with Crippen LogP contribution in [0.3, 0.4) is 0 Å². The Kier molecular flexibility index (Phi) is 7.29. The second-order valence-corrected chi connectivity index (χ2v) is 6.04. The van der Waals surface area contributed by atoms with E-state index in [9.17, 15) is 9.90 Å². The zero-order chi connectivity index (χ0) is 16.0. The number of benzene rings is 1. The van der Waals surface area contributed by atoms with Crippen LogP contribution in [0.4, 0.5) is 0 Å². The third kappa shape index (κ3) is 5.73. The van der Waals surface area contributed by atoms with Gasteiger partial charge in [-0.2, -0.15) is 0 Å². The number of hydrogen-bond acceptors (Lipinski definition) is 3. The Morgan fingerprint density at radius 1 is 1.33 bits per heavy atom. The van der Waals surface area contributed by atoms with Crippen molar-refractivity contribution in [3.05, 3.63) is 27.7 Å². The normalized spacial score (nSPS) is 12.5. The summed E-state index contributed by atoms with van der Waals surface area (Å²) in [6, 6.07) is 2.88. The predicted molar refractivity (Wildman–Crippen MR) is 85.3 cm³/mol. The molecule has 0 radical (unpaired) electrons. The third-order valence-electron chi connectivity index (χ3n) is 2.90. The summed E-state index contributed by atoms with van der Waals surface area (Å²) < 4.78 is 5.36. The lowest BCUT2D eigenvalue weighted by molar-refractivity contribution is -0.140. The first-order valence-electron chi connectivity index (χ1n) is 6.92. The Morgan fingerprint density at radius 3 is 2.33 bits per heavy atom. The second kappa shape index (κ2) is 8.47. The van der Waals surface area contributed by atoms with Gasteiger partial charge in [-0.05, 0) is 37.0 Å². The topological polar surface area (TPSA) is 58.6 Å². The van der Waals surface area contributed by atoms with E-state index in [0.717, 1.165) is 5.56 Å². The van der Waals surface area contributed by atoms with Gasteiger partial charge in [-0.3, -0.25) is 4.79 Å². The predicted octanol–water partition coefficient (Wildman–Crippen LogP) is 3.98. The first-order valence-corrected chi connectivity index (χ1v) is 7.67. The van der Waals surface area contributed by atoms with Crippen molar-refractivity contribution in [2.24, 2.45) is 5.92 Å².